The van der Waals surface area contributed by atoms with E-state index in [0.717, 1.165) is 39.2 Å². The molecule has 0 aliphatic heterocycles. The molecule has 1 aliphatic rings. The summed E-state index contributed by atoms with van der Waals surface area (Å²) in [5.74, 6) is 0.366. The average molecular weight is 343 g/mol. The number of benzene rings is 2. The SMILES string of the molecule is C=C(/C=C/c1ccccc1)c1ccc(C(=C)C2C=CC=CC2)cc1S. The van der Waals surface area contributed by atoms with Crippen LogP contribution in [0.5, 0.6) is 0 Å². The summed E-state index contributed by atoms with van der Waals surface area (Å²) in [7, 11) is 0. The van der Waals surface area contributed by atoms with E-state index in [9.17, 15) is 0 Å². The standard InChI is InChI=1S/C24H22S/c1-18(13-14-20-9-5-3-6-10-20)23-16-15-22(17-24(23)25)19(2)21-11-7-4-8-12-21/h3-11,13-17,21,25H,1-2,12H2/b14-13+. The number of rotatable bonds is 5. The summed E-state index contributed by atoms with van der Waals surface area (Å²) in [6.07, 6.45) is 13.7. The highest BCUT2D eigenvalue weighted by Crippen LogP contribution is 2.32. The zero-order valence-electron chi connectivity index (χ0n) is 14.2. The fraction of sp³-hybridized carbons (Fsp3) is 0.0833. The number of allylic oxidation sites excluding steroid dienone is 7. The van der Waals surface area contributed by atoms with Gasteiger partial charge in [-0.3, -0.25) is 0 Å². The van der Waals surface area contributed by atoms with Gasteiger partial charge in [0, 0.05) is 10.8 Å². The molecule has 0 heterocycles. The molecule has 1 unspecified atom stereocenters. The van der Waals surface area contributed by atoms with Crippen LogP contribution in [0.1, 0.15) is 23.1 Å². The van der Waals surface area contributed by atoms with E-state index >= 15 is 0 Å². The molecule has 0 radical (unpaired) electrons. The Hall–Kier alpha value is -2.51. The van der Waals surface area contributed by atoms with Crippen molar-refractivity contribution in [2.75, 3.05) is 0 Å². The molecule has 0 fully saturated rings. The van der Waals surface area contributed by atoms with Crippen LogP contribution in [0.15, 0.2) is 97.0 Å². The average Bonchev–Trinajstić information content (AvgIpc) is 2.67. The van der Waals surface area contributed by atoms with Crippen LogP contribution in [0.4, 0.5) is 0 Å². The quantitative estimate of drug-likeness (QED) is 0.446. The molecule has 0 saturated heterocycles. The first kappa shape index (κ1) is 17.3. The molecule has 1 aliphatic carbocycles. The summed E-state index contributed by atoms with van der Waals surface area (Å²) in [6.45, 7) is 8.47. The predicted molar refractivity (Wildman–Crippen MR) is 114 cm³/mol. The Kier molecular flexibility index (Phi) is 5.57. The van der Waals surface area contributed by atoms with Crippen LogP contribution in [0, 0.1) is 5.92 Å². The lowest BCUT2D eigenvalue weighted by Crippen LogP contribution is -2.00. The summed E-state index contributed by atoms with van der Waals surface area (Å²) in [5, 5.41) is 0. The normalized spacial score (nSPS) is 16.3. The van der Waals surface area contributed by atoms with Crippen LogP contribution in [-0.2, 0) is 0 Å². The van der Waals surface area contributed by atoms with Crippen molar-refractivity contribution < 1.29 is 0 Å². The second kappa shape index (κ2) is 8.04. The largest absolute Gasteiger partial charge is 0.143 e. The lowest BCUT2D eigenvalue weighted by Gasteiger charge is -2.17. The van der Waals surface area contributed by atoms with Gasteiger partial charge in [0.25, 0.3) is 0 Å². The Labute approximate surface area is 156 Å². The first-order chi connectivity index (χ1) is 12.1. The predicted octanol–water partition coefficient (Wildman–Crippen LogP) is 6.85. The smallest absolute Gasteiger partial charge is 0.0124 e. The van der Waals surface area contributed by atoms with Crippen molar-refractivity contribution in [2.45, 2.75) is 11.3 Å². The zero-order valence-corrected chi connectivity index (χ0v) is 15.1. The van der Waals surface area contributed by atoms with Gasteiger partial charge in [-0.05, 0) is 40.3 Å². The highest BCUT2D eigenvalue weighted by Gasteiger charge is 2.13. The molecular weight excluding hydrogens is 320 g/mol. The van der Waals surface area contributed by atoms with E-state index in [2.05, 4.69) is 86.5 Å². The topological polar surface area (TPSA) is 0 Å². The van der Waals surface area contributed by atoms with Gasteiger partial charge < -0.3 is 0 Å². The number of thiol groups is 1. The summed E-state index contributed by atoms with van der Waals surface area (Å²) in [4.78, 5) is 0.927. The molecule has 0 spiro atoms. The van der Waals surface area contributed by atoms with Crippen molar-refractivity contribution in [3.63, 3.8) is 0 Å². The van der Waals surface area contributed by atoms with Gasteiger partial charge in [0.1, 0.15) is 0 Å². The minimum atomic E-state index is 0.366. The fourth-order valence-electron chi connectivity index (χ4n) is 2.91. The van der Waals surface area contributed by atoms with Gasteiger partial charge in [0.2, 0.25) is 0 Å². The van der Waals surface area contributed by atoms with E-state index in [4.69, 9.17) is 0 Å². The van der Waals surface area contributed by atoms with Crippen LogP contribution >= 0.6 is 12.6 Å². The minimum absolute atomic E-state index is 0.366. The third-order valence-corrected chi connectivity index (χ3v) is 4.79. The highest BCUT2D eigenvalue weighted by atomic mass is 32.1. The van der Waals surface area contributed by atoms with Crippen molar-refractivity contribution in [2.24, 2.45) is 5.92 Å². The van der Waals surface area contributed by atoms with Gasteiger partial charge in [0.15, 0.2) is 0 Å². The first-order valence-electron chi connectivity index (χ1n) is 8.43. The first-order valence-corrected chi connectivity index (χ1v) is 8.88. The zero-order chi connectivity index (χ0) is 17.6. The van der Waals surface area contributed by atoms with E-state index in [1.54, 1.807) is 0 Å². The Morgan fingerprint density at radius 2 is 1.84 bits per heavy atom. The Morgan fingerprint density at radius 3 is 2.52 bits per heavy atom. The van der Waals surface area contributed by atoms with Gasteiger partial charge in [-0.25, -0.2) is 0 Å². The molecule has 2 aromatic carbocycles. The van der Waals surface area contributed by atoms with Crippen LogP contribution in [0.25, 0.3) is 17.2 Å². The van der Waals surface area contributed by atoms with Gasteiger partial charge in [-0.15, -0.1) is 12.6 Å². The Bertz CT molecular complexity index is 866. The lowest BCUT2D eigenvalue weighted by molar-refractivity contribution is 0.844. The van der Waals surface area contributed by atoms with Crippen LogP contribution in [0.3, 0.4) is 0 Å². The number of hydrogen-bond donors (Lipinski definition) is 1. The molecule has 0 amide bonds. The summed E-state index contributed by atoms with van der Waals surface area (Å²) in [5.41, 5.74) is 5.43. The second-order valence-corrected chi connectivity index (χ2v) is 6.66. The van der Waals surface area contributed by atoms with Crippen molar-refractivity contribution in [1.29, 1.82) is 0 Å². The summed E-state index contributed by atoms with van der Waals surface area (Å²) < 4.78 is 0. The monoisotopic (exact) mass is 342 g/mol. The fourth-order valence-corrected chi connectivity index (χ4v) is 3.26. The summed E-state index contributed by atoms with van der Waals surface area (Å²) >= 11 is 4.68. The molecule has 2 aromatic rings. The van der Waals surface area contributed by atoms with Gasteiger partial charge in [-0.2, -0.15) is 0 Å². The second-order valence-electron chi connectivity index (χ2n) is 6.18. The molecule has 0 bridgehead atoms. The van der Waals surface area contributed by atoms with Gasteiger partial charge in [0.05, 0.1) is 0 Å². The highest BCUT2D eigenvalue weighted by molar-refractivity contribution is 7.80. The van der Waals surface area contributed by atoms with Crippen LogP contribution < -0.4 is 0 Å². The molecule has 25 heavy (non-hydrogen) atoms. The maximum absolute atomic E-state index is 4.68. The molecule has 0 N–H and O–H groups in total. The maximum Gasteiger partial charge on any atom is 0.0124 e. The molecule has 0 nitrogen and oxygen atoms in total. The Balaban J connectivity index is 1.76. The van der Waals surface area contributed by atoms with Crippen LogP contribution in [-0.4, -0.2) is 0 Å². The molecule has 0 aromatic heterocycles. The number of hydrogen-bond acceptors (Lipinski definition) is 1. The van der Waals surface area contributed by atoms with Crippen molar-refractivity contribution in [1.82, 2.24) is 0 Å². The van der Waals surface area contributed by atoms with E-state index in [0.29, 0.717) is 5.92 Å². The minimum Gasteiger partial charge on any atom is -0.143 e. The summed E-state index contributed by atoms with van der Waals surface area (Å²) in [6, 6.07) is 16.5. The molecule has 1 atom stereocenters. The van der Waals surface area contributed by atoms with E-state index in [1.165, 1.54) is 0 Å². The van der Waals surface area contributed by atoms with Crippen molar-refractivity contribution in [3.05, 3.63) is 109 Å². The van der Waals surface area contributed by atoms with Crippen molar-refractivity contribution in [3.8, 4) is 0 Å². The molecule has 1 heteroatoms. The third kappa shape index (κ3) is 4.32. The van der Waals surface area contributed by atoms with Gasteiger partial charge in [-0.1, -0.05) is 92.1 Å². The maximum atomic E-state index is 4.68. The van der Waals surface area contributed by atoms with Crippen molar-refractivity contribution >= 4 is 29.9 Å². The third-order valence-electron chi connectivity index (χ3n) is 4.42. The lowest BCUT2D eigenvalue weighted by atomic mass is 9.88. The van der Waals surface area contributed by atoms with E-state index < -0.39 is 0 Å². The Morgan fingerprint density at radius 1 is 1.04 bits per heavy atom. The van der Waals surface area contributed by atoms with E-state index in [1.807, 2.05) is 24.3 Å². The van der Waals surface area contributed by atoms with Gasteiger partial charge >= 0.3 is 0 Å². The molecule has 0 saturated carbocycles. The molecule has 124 valence electrons. The molecular formula is C24H22S. The van der Waals surface area contributed by atoms with Crippen LogP contribution in [0.2, 0.25) is 0 Å². The molecule has 3 rings (SSSR count). The van der Waals surface area contributed by atoms with E-state index in [-0.39, 0.29) is 0 Å².